The van der Waals surface area contributed by atoms with Crippen LogP contribution in [0.4, 0.5) is 13.2 Å². The van der Waals surface area contributed by atoms with Gasteiger partial charge in [0.05, 0.1) is 16.0 Å². The van der Waals surface area contributed by atoms with Crippen molar-refractivity contribution in [2.24, 2.45) is 0 Å². The minimum Gasteiger partial charge on any atom is -0.288 e. The lowest BCUT2D eigenvalue weighted by molar-refractivity contribution is -0.141. The van der Waals surface area contributed by atoms with Crippen molar-refractivity contribution in [3.63, 3.8) is 0 Å². The quantitative estimate of drug-likeness (QED) is 0.394. The maximum Gasteiger partial charge on any atom is 0.434 e. The Morgan fingerprint density at radius 2 is 1.59 bits per heavy atom. The first-order valence-corrected chi connectivity index (χ1v) is 8.98. The molecule has 2 aromatic heterocycles. The first-order chi connectivity index (χ1) is 13.0. The normalized spacial score (nSPS) is 11.7. The van der Waals surface area contributed by atoms with Gasteiger partial charge in [0.25, 0.3) is 0 Å². The number of alkyl halides is 3. The zero-order valence-corrected chi connectivity index (χ0v) is 14.6. The first kappa shape index (κ1) is 17.4. The van der Waals surface area contributed by atoms with Crippen molar-refractivity contribution in [3.8, 4) is 11.1 Å². The monoisotopic (exact) mass is 383 g/mol. The van der Waals surface area contributed by atoms with Crippen LogP contribution in [-0.2, 0) is 6.18 Å². The van der Waals surface area contributed by atoms with Crippen molar-refractivity contribution < 1.29 is 18.0 Å². The minimum absolute atomic E-state index is 0.200. The molecule has 0 N–H and O–H groups in total. The van der Waals surface area contributed by atoms with Crippen molar-refractivity contribution in [2.45, 2.75) is 6.18 Å². The zero-order chi connectivity index (χ0) is 19.0. The lowest BCUT2D eigenvalue weighted by Crippen LogP contribution is -2.17. The van der Waals surface area contributed by atoms with E-state index in [1.165, 1.54) is 12.1 Å². The molecule has 2 nitrogen and oxygen atoms in total. The molecule has 0 atom stereocenters. The highest BCUT2D eigenvalue weighted by molar-refractivity contribution is 7.12. The van der Waals surface area contributed by atoms with E-state index in [0.29, 0.717) is 10.9 Å². The molecular weight excluding hydrogens is 371 g/mol. The predicted molar refractivity (Wildman–Crippen MR) is 99.9 cm³/mol. The number of rotatable bonds is 3. The number of para-hydroxylation sites is 1. The third-order valence-corrected chi connectivity index (χ3v) is 5.06. The van der Waals surface area contributed by atoms with E-state index in [0.717, 1.165) is 11.3 Å². The molecule has 27 heavy (non-hydrogen) atoms. The Hall–Kier alpha value is -2.99. The lowest BCUT2D eigenvalue weighted by atomic mass is 9.91. The molecule has 134 valence electrons. The Morgan fingerprint density at radius 3 is 2.26 bits per heavy atom. The molecule has 0 spiro atoms. The van der Waals surface area contributed by atoms with Crippen LogP contribution in [0.15, 0.2) is 72.1 Å². The first-order valence-electron chi connectivity index (χ1n) is 8.10. The summed E-state index contributed by atoms with van der Waals surface area (Å²) < 4.78 is 41.6. The second-order valence-corrected chi connectivity index (χ2v) is 6.85. The Morgan fingerprint density at radius 1 is 0.889 bits per heavy atom. The average molecular weight is 383 g/mol. The molecular formula is C21H12F3NOS. The minimum atomic E-state index is -4.75. The number of hydrogen-bond donors (Lipinski definition) is 0. The van der Waals surface area contributed by atoms with Gasteiger partial charge in [0.1, 0.15) is 0 Å². The maximum atomic E-state index is 13.9. The Kier molecular flexibility index (Phi) is 4.28. The van der Waals surface area contributed by atoms with Gasteiger partial charge in [-0.3, -0.25) is 4.79 Å². The number of fused-ring (bicyclic) bond motifs is 1. The summed E-state index contributed by atoms with van der Waals surface area (Å²) >= 11 is 1.11. The number of aromatic nitrogens is 1. The van der Waals surface area contributed by atoms with E-state index >= 15 is 0 Å². The van der Waals surface area contributed by atoms with Crippen molar-refractivity contribution in [3.05, 3.63) is 88.2 Å². The number of ketones is 1. The number of pyridine rings is 1. The molecule has 0 aliphatic heterocycles. The fourth-order valence-electron chi connectivity index (χ4n) is 3.07. The molecule has 0 bridgehead atoms. The van der Waals surface area contributed by atoms with Crippen LogP contribution in [0, 0.1) is 0 Å². The summed E-state index contributed by atoms with van der Waals surface area (Å²) in [5, 5.41) is 2.17. The number of halogens is 3. The number of carbonyl (C=O) groups excluding carboxylic acids is 1. The largest absolute Gasteiger partial charge is 0.434 e. The van der Waals surface area contributed by atoms with E-state index in [2.05, 4.69) is 4.98 Å². The number of benzene rings is 2. The Bertz CT molecular complexity index is 1120. The van der Waals surface area contributed by atoms with Gasteiger partial charge in [0, 0.05) is 10.9 Å². The highest BCUT2D eigenvalue weighted by Crippen LogP contribution is 2.40. The van der Waals surface area contributed by atoms with Gasteiger partial charge in [-0.25, -0.2) is 4.98 Å². The summed E-state index contributed by atoms with van der Waals surface area (Å²) in [4.78, 5) is 17.2. The van der Waals surface area contributed by atoms with E-state index in [1.807, 2.05) is 0 Å². The van der Waals surface area contributed by atoms with E-state index in [4.69, 9.17) is 0 Å². The van der Waals surface area contributed by atoms with Gasteiger partial charge >= 0.3 is 6.18 Å². The summed E-state index contributed by atoms with van der Waals surface area (Å²) in [6, 6.07) is 18.4. The van der Waals surface area contributed by atoms with Gasteiger partial charge in [-0.15, -0.1) is 11.3 Å². The van der Waals surface area contributed by atoms with Crippen LogP contribution < -0.4 is 0 Å². The maximum absolute atomic E-state index is 13.9. The van der Waals surface area contributed by atoms with Crippen LogP contribution in [-0.4, -0.2) is 10.8 Å². The molecule has 0 saturated heterocycles. The van der Waals surface area contributed by atoms with E-state index in [1.54, 1.807) is 60.0 Å². The van der Waals surface area contributed by atoms with Crippen molar-refractivity contribution in [1.82, 2.24) is 4.98 Å². The molecule has 0 aliphatic carbocycles. The molecule has 4 rings (SSSR count). The summed E-state index contributed by atoms with van der Waals surface area (Å²) in [6.45, 7) is 0. The molecule has 0 radical (unpaired) electrons. The second kappa shape index (κ2) is 6.63. The van der Waals surface area contributed by atoms with Crippen molar-refractivity contribution >= 4 is 28.0 Å². The fraction of sp³-hybridized carbons (Fsp3) is 0.0476. The second-order valence-electron chi connectivity index (χ2n) is 5.90. The molecule has 0 fully saturated rings. The van der Waals surface area contributed by atoms with Crippen LogP contribution in [0.1, 0.15) is 20.9 Å². The SMILES string of the molecule is O=C(c1cccs1)c1c(C(F)(F)F)nc2ccccc2c1-c1ccccc1. The fourth-order valence-corrected chi connectivity index (χ4v) is 3.74. The molecule has 2 heterocycles. The van der Waals surface area contributed by atoms with Crippen LogP contribution in [0.2, 0.25) is 0 Å². The molecule has 2 aromatic carbocycles. The van der Waals surface area contributed by atoms with Gasteiger partial charge in [-0.05, 0) is 23.1 Å². The average Bonchev–Trinajstić information content (AvgIpc) is 3.20. The number of nitrogens with zero attached hydrogens (tertiary/aromatic N) is 1. The summed E-state index contributed by atoms with van der Waals surface area (Å²) in [7, 11) is 0. The highest BCUT2D eigenvalue weighted by atomic mass is 32.1. The Balaban J connectivity index is 2.16. The standard InChI is InChI=1S/C21H12F3NOS/c22-21(23,24)20-18(19(26)16-11-6-12-27-16)17(13-7-2-1-3-8-13)14-9-4-5-10-15(14)25-20/h1-12H. The molecule has 0 saturated carbocycles. The molecule has 0 amide bonds. The van der Waals surface area contributed by atoms with Crippen LogP contribution >= 0.6 is 11.3 Å². The predicted octanol–water partition coefficient (Wildman–Crippen LogP) is 6.21. The highest BCUT2D eigenvalue weighted by Gasteiger charge is 2.40. The van der Waals surface area contributed by atoms with Crippen molar-refractivity contribution in [1.29, 1.82) is 0 Å². The van der Waals surface area contributed by atoms with Gasteiger partial charge in [-0.2, -0.15) is 13.2 Å². The third kappa shape index (κ3) is 3.13. The van der Waals surface area contributed by atoms with Gasteiger partial charge in [-0.1, -0.05) is 54.6 Å². The number of hydrogen-bond acceptors (Lipinski definition) is 3. The summed E-state index contributed by atoms with van der Waals surface area (Å²) in [6.07, 6.45) is -4.75. The van der Waals surface area contributed by atoms with E-state index < -0.39 is 23.2 Å². The van der Waals surface area contributed by atoms with Crippen LogP contribution in [0.3, 0.4) is 0 Å². The third-order valence-electron chi connectivity index (χ3n) is 4.20. The molecule has 0 unspecified atom stereocenters. The summed E-state index contributed by atoms with van der Waals surface area (Å²) in [5.74, 6) is -0.672. The van der Waals surface area contributed by atoms with Crippen LogP contribution in [0.25, 0.3) is 22.0 Å². The Labute approximate surface area is 156 Å². The van der Waals surface area contributed by atoms with E-state index in [9.17, 15) is 18.0 Å². The van der Waals surface area contributed by atoms with E-state index in [-0.39, 0.29) is 16.0 Å². The smallest absolute Gasteiger partial charge is 0.288 e. The lowest BCUT2D eigenvalue weighted by Gasteiger charge is -2.18. The van der Waals surface area contributed by atoms with Gasteiger partial charge in [0.2, 0.25) is 5.78 Å². The number of carbonyl (C=O) groups is 1. The van der Waals surface area contributed by atoms with Crippen molar-refractivity contribution in [2.75, 3.05) is 0 Å². The molecule has 0 aliphatic rings. The van der Waals surface area contributed by atoms with Gasteiger partial charge < -0.3 is 0 Å². The molecule has 4 aromatic rings. The summed E-state index contributed by atoms with van der Waals surface area (Å²) in [5.41, 5.74) is -0.562. The number of thiophene rings is 1. The zero-order valence-electron chi connectivity index (χ0n) is 13.8. The van der Waals surface area contributed by atoms with Gasteiger partial charge in [0.15, 0.2) is 5.69 Å². The van der Waals surface area contributed by atoms with Crippen LogP contribution in [0.5, 0.6) is 0 Å². The topological polar surface area (TPSA) is 30.0 Å². The molecule has 6 heteroatoms.